The van der Waals surface area contributed by atoms with E-state index in [0.717, 1.165) is 4.68 Å². The molecular formula is C16H13F2N3O6. The highest BCUT2D eigenvalue weighted by atomic mass is 19.3. The van der Waals surface area contributed by atoms with Gasteiger partial charge < -0.3 is 20.3 Å². The Balaban J connectivity index is 2.28. The topological polar surface area (TPSA) is 122 Å². The fourth-order valence-electron chi connectivity index (χ4n) is 2.81. The molecule has 11 heteroatoms. The van der Waals surface area contributed by atoms with Gasteiger partial charge in [0.05, 0.1) is 5.52 Å². The third-order valence-corrected chi connectivity index (χ3v) is 3.91. The van der Waals surface area contributed by atoms with Crippen molar-refractivity contribution in [3.8, 4) is 11.5 Å². The number of carbonyl (C=O) groups excluding carboxylic acids is 1. The van der Waals surface area contributed by atoms with Gasteiger partial charge in [-0.3, -0.25) is 14.4 Å². The molecule has 0 spiro atoms. The van der Waals surface area contributed by atoms with Crippen LogP contribution in [0.1, 0.15) is 10.4 Å². The molecule has 0 unspecified atom stereocenters. The molecule has 0 saturated heterocycles. The van der Waals surface area contributed by atoms with Crippen LogP contribution in [0.15, 0.2) is 29.1 Å². The molecule has 0 saturated carbocycles. The molecule has 27 heavy (non-hydrogen) atoms. The van der Waals surface area contributed by atoms with Crippen molar-refractivity contribution >= 4 is 28.3 Å². The van der Waals surface area contributed by atoms with Crippen LogP contribution in [0.4, 0.5) is 8.78 Å². The van der Waals surface area contributed by atoms with Gasteiger partial charge in [-0.2, -0.15) is 8.78 Å². The number of carboxylic acids is 1. The number of nitrogens with one attached hydrogen (secondary N) is 1. The van der Waals surface area contributed by atoms with Gasteiger partial charge in [-0.05, 0) is 18.2 Å². The minimum atomic E-state index is -3.08. The summed E-state index contributed by atoms with van der Waals surface area (Å²) in [6, 6.07) is 5.53. The van der Waals surface area contributed by atoms with E-state index in [2.05, 4.69) is 4.74 Å². The summed E-state index contributed by atoms with van der Waals surface area (Å²) in [5, 5.41) is 21.2. The molecule has 3 aromatic rings. The van der Waals surface area contributed by atoms with E-state index in [9.17, 15) is 28.3 Å². The SMILES string of the molecule is Cn1c(=O)c(C(=O)NCC(=O)O)c(O)c2cc3c(OC(F)F)cccc3n21. The average molecular weight is 381 g/mol. The highest BCUT2D eigenvalue weighted by Gasteiger charge is 2.24. The summed E-state index contributed by atoms with van der Waals surface area (Å²) in [4.78, 5) is 35.2. The second kappa shape index (κ2) is 6.59. The lowest BCUT2D eigenvalue weighted by atomic mass is 10.2. The molecule has 0 aliphatic heterocycles. The number of carbonyl (C=O) groups is 2. The number of aliphatic carboxylic acids is 1. The van der Waals surface area contributed by atoms with Crippen molar-refractivity contribution < 1.29 is 33.3 Å². The lowest BCUT2D eigenvalue weighted by molar-refractivity contribution is -0.135. The zero-order valence-corrected chi connectivity index (χ0v) is 13.8. The van der Waals surface area contributed by atoms with E-state index in [4.69, 9.17) is 5.11 Å². The van der Waals surface area contributed by atoms with Gasteiger partial charge in [0.25, 0.3) is 11.5 Å². The van der Waals surface area contributed by atoms with Gasteiger partial charge in [0.15, 0.2) is 5.75 Å². The zero-order chi connectivity index (χ0) is 19.9. The summed E-state index contributed by atoms with van der Waals surface area (Å²) in [6.45, 7) is -3.82. The number of halogens is 2. The van der Waals surface area contributed by atoms with E-state index in [0.29, 0.717) is 0 Å². The van der Waals surface area contributed by atoms with Crippen LogP contribution < -0.4 is 15.6 Å². The number of carboxylic acid groups (broad SMARTS) is 1. The summed E-state index contributed by atoms with van der Waals surface area (Å²) in [5.41, 5.74) is -1.29. The van der Waals surface area contributed by atoms with Crippen LogP contribution in [0, 0.1) is 0 Å². The van der Waals surface area contributed by atoms with Crippen LogP contribution in [0.25, 0.3) is 16.4 Å². The molecule has 0 aliphatic rings. The molecule has 0 radical (unpaired) electrons. The number of aromatic hydroxyl groups is 1. The van der Waals surface area contributed by atoms with Crippen LogP contribution in [-0.2, 0) is 11.8 Å². The number of rotatable bonds is 5. The number of benzene rings is 1. The van der Waals surface area contributed by atoms with Crippen LogP contribution in [0.2, 0.25) is 0 Å². The molecule has 3 N–H and O–H groups in total. The van der Waals surface area contributed by atoms with Gasteiger partial charge in [-0.25, -0.2) is 9.20 Å². The van der Waals surface area contributed by atoms with Crippen molar-refractivity contribution in [1.29, 1.82) is 0 Å². The highest BCUT2D eigenvalue weighted by Crippen LogP contribution is 2.33. The van der Waals surface area contributed by atoms with Crippen molar-refractivity contribution in [3.63, 3.8) is 0 Å². The number of alkyl halides is 2. The maximum atomic E-state index is 12.6. The van der Waals surface area contributed by atoms with E-state index < -0.39 is 41.9 Å². The molecule has 142 valence electrons. The first-order valence-electron chi connectivity index (χ1n) is 7.53. The van der Waals surface area contributed by atoms with Crippen LogP contribution >= 0.6 is 0 Å². The lowest BCUT2D eigenvalue weighted by Crippen LogP contribution is -2.36. The van der Waals surface area contributed by atoms with Gasteiger partial charge in [0.2, 0.25) is 0 Å². The Morgan fingerprint density at radius 1 is 1.30 bits per heavy atom. The first-order chi connectivity index (χ1) is 12.7. The minimum Gasteiger partial charge on any atom is -0.505 e. The molecule has 2 aromatic heterocycles. The number of amides is 1. The lowest BCUT2D eigenvalue weighted by Gasteiger charge is -2.11. The van der Waals surface area contributed by atoms with Gasteiger partial charge in [-0.1, -0.05) is 6.07 Å². The minimum absolute atomic E-state index is 0.0158. The Morgan fingerprint density at radius 3 is 2.63 bits per heavy atom. The summed E-state index contributed by atoms with van der Waals surface area (Å²) >= 11 is 0. The summed E-state index contributed by atoms with van der Waals surface area (Å²) in [7, 11) is 1.31. The van der Waals surface area contributed by atoms with Crippen LogP contribution in [0.5, 0.6) is 11.5 Å². The van der Waals surface area contributed by atoms with E-state index in [1.807, 2.05) is 5.32 Å². The van der Waals surface area contributed by atoms with Gasteiger partial charge in [-0.15, -0.1) is 0 Å². The third kappa shape index (κ3) is 3.03. The molecule has 9 nitrogen and oxygen atoms in total. The van der Waals surface area contributed by atoms with Crippen molar-refractivity contribution in [2.24, 2.45) is 7.05 Å². The molecule has 0 atom stereocenters. The van der Waals surface area contributed by atoms with E-state index >= 15 is 0 Å². The molecule has 0 fully saturated rings. The van der Waals surface area contributed by atoms with Gasteiger partial charge in [0, 0.05) is 12.4 Å². The molecule has 0 aliphatic carbocycles. The average Bonchev–Trinajstić information content (AvgIpc) is 2.99. The largest absolute Gasteiger partial charge is 0.505 e. The second-order valence-corrected chi connectivity index (χ2v) is 5.54. The number of aryl methyl sites for hydroxylation is 1. The Morgan fingerprint density at radius 2 is 2.00 bits per heavy atom. The zero-order valence-electron chi connectivity index (χ0n) is 13.8. The predicted molar refractivity (Wildman–Crippen MR) is 88.4 cm³/mol. The molecule has 2 heterocycles. The van der Waals surface area contributed by atoms with Crippen LogP contribution in [0.3, 0.4) is 0 Å². The quantitative estimate of drug-likeness (QED) is 0.604. The van der Waals surface area contributed by atoms with Crippen LogP contribution in [-0.4, -0.2) is 44.4 Å². The fourth-order valence-corrected chi connectivity index (χ4v) is 2.81. The number of aromatic nitrogens is 2. The predicted octanol–water partition coefficient (Wildman–Crippen LogP) is 0.913. The number of hydrogen-bond acceptors (Lipinski definition) is 5. The Kier molecular flexibility index (Phi) is 4.44. The molecule has 0 bridgehead atoms. The van der Waals surface area contributed by atoms with Gasteiger partial charge >= 0.3 is 12.6 Å². The standard InChI is InChI=1S/C16H13F2N3O6/c1-20-15(26)12(14(25)19-6-11(22)23)13(24)9-5-7-8(21(9)20)3-2-4-10(7)27-16(17)18/h2-5,16,24H,6H2,1H3,(H,19,25)(H,22,23). The summed E-state index contributed by atoms with van der Waals surface area (Å²) in [5.74, 6) is -3.29. The molecule has 1 amide bonds. The van der Waals surface area contributed by atoms with Crippen molar-refractivity contribution in [2.75, 3.05) is 6.54 Å². The van der Waals surface area contributed by atoms with E-state index in [1.54, 1.807) is 0 Å². The Bertz CT molecular complexity index is 1130. The van der Waals surface area contributed by atoms with E-state index in [-0.39, 0.29) is 22.2 Å². The Hall–Kier alpha value is -3.63. The van der Waals surface area contributed by atoms with E-state index in [1.165, 1.54) is 35.8 Å². The number of ether oxygens (including phenoxy) is 1. The Labute approximate surface area is 149 Å². The fraction of sp³-hybridized carbons (Fsp3) is 0.188. The molecular weight excluding hydrogens is 368 g/mol. The van der Waals surface area contributed by atoms with Crippen molar-refractivity contribution in [3.05, 3.63) is 40.2 Å². The maximum Gasteiger partial charge on any atom is 0.387 e. The molecule has 3 rings (SSSR count). The van der Waals surface area contributed by atoms with Crippen molar-refractivity contribution in [2.45, 2.75) is 6.61 Å². The summed E-state index contributed by atoms with van der Waals surface area (Å²) in [6.07, 6.45) is 0. The smallest absolute Gasteiger partial charge is 0.387 e. The summed E-state index contributed by atoms with van der Waals surface area (Å²) < 4.78 is 31.9. The monoisotopic (exact) mass is 381 g/mol. The molecule has 1 aromatic carbocycles. The normalized spacial score (nSPS) is 11.3. The third-order valence-electron chi connectivity index (χ3n) is 3.91. The maximum absolute atomic E-state index is 12.6. The van der Waals surface area contributed by atoms with Gasteiger partial charge in [0.1, 0.15) is 23.4 Å². The van der Waals surface area contributed by atoms with Crippen molar-refractivity contribution in [1.82, 2.24) is 14.5 Å². The number of nitrogens with zero attached hydrogens (tertiary/aromatic N) is 2. The number of hydrogen-bond donors (Lipinski definition) is 3. The number of fused-ring (bicyclic) bond motifs is 3. The first-order valence-corrected chi connectivity index (χ1v) is 7.53. The first kappa shape index (κ1) is 18.2. The highest BCUT2D eigenvalue weighted by molar-refractivity contribution is 6.02. The second-order valence-electron chi connectivity index (χ2n) is 5.54.